The average molecular weight is 336 g/mol. The topological polar surface area (TPSA) is 57.7 Å². The normalized spacial score (nSPS) is 22.4. The fraction of sp³-hybridized carbons (Fsp3) is 0.800. The van der Waals surface area contributed by atoms with Gasteiger partial charge >= 0.3 is 6.18 Å². The highest BCUT2D eigenvalue weighted by molar-refractivity contribution is 6.07. The van der Waals surface area contributed by atoms with E-state index < -0.39 is 48.4 Å². The van der Waals surface area contributed by atoms with Crippen molar-refractivity contribution in [1.82, 2.24) is 9.80 Å². The third kappa shape index (κ3) is 4.23. The molecule has 1 atom stereocenters. The van der Waals surface area contributed by atoms with Gasteiger partial charge in [0.15, 0.2) is 0 Å². The highest BCUT2D eigenvalue weighted by Crippen LogP contribution is 2.39. The van der Waals surface area contributed by atoms with Gasteiger partial charge in [0.2, 0.25) is 17.7 Å². The number of halogens is 3. The molecule has 0 aromatic rings. The molecule has 0 N–H and O–H groups in total. The molecular weight excluding hydrogens is 313 g/mol. The van der Waals surface area contributed by atoms with E-state index in [0.29, 0.717) is 4.90 Å². The van der Waals surface area contributed by atoms with Crippen molar-refractivity contribution in [3.8, 4) is 0 Å². The Morgan fingerprint density at radius 3 is 2.13 bits per heavy atom. The van der Waals surface area contributed by atoms with Crippen molar-refractivity contribution >= 4 is 17.7 Å². The second kappa shape index (κ2) is 6.49. The number of likely N-dealkylation sites (tertiary alicyclic amines) is 1. The van der Waals surface area contributed by atoms with Crippen LogP contribution in [0.4, 0.5) is 13.2 Å². The maximum atomic E-state index is 12.6. The Bertz CT molecular complexity index is 503. The molecule has 8 heteroatoms. The summed E-state index contributed by atoms with van der Waals surface area (Å²) in [5.41, 5.74) is -0.913. The van der Waals surface area contributed by atoms with Crippen LogP contribution in [0.3, 0.4) is 0 Å². The first-order valence-electron chi connectivity index (χ1n) is 7.50. The van der Waals surface area contributed by atoms with Crippen molar-refractivity contribution in [2.45, 2.75) is 53.3 Å². The second-order valence-corrected chi connectivity index (χ2v) is 6.76. The second-order valence-electron chi connectivity index (χ2n) is 6.76. The first kappa shape index (κ1) is 19.4. The van der Waals surface area contributed by atoms with Crippen LogP contribution in [0.5, 0.6) is 0 Å². The molecule has 0 radical (unpaired) electrons. The maximum Gasteiger partial charge on any atom is 0.406 e. The van der Waals surface area contributed by atoms with Crippen molar-refractivity contribution in [1.29, 1.82) is 0 Å². The number of amides is 3. The van der Waals surface area contributed by atoms with Gasteiger partial charge in [0.1, 0.15) is 13.1 Å². The van der Waals surface area contributed by atoms with E-state index in [0.717, 1.165) is 4.90 Å². The number of rotatable bonds is 5. The summed E-state index contributed by atoms with van der Waals surface area (Å²) in [6, 6.07) is -0.687. The molecular formula is C15H23F3N2O3. The third-order valence-electron chi connectivity index (χ3n) is 4.41. The number of hydrogen-bond donors (Lipinski definition) is 0. The number of nitrogens with zero attached hydrogens (tertiary/aromatic N) is 2. The predicted molar refractivity (Wildman–Crippen MR) is 77.2 cm³/mol. The van der Waals surface area contributed by atoms with Crippen LogP contribution in [-0.4, -0.2) is 52.8 Å². The Labute approximate surface area is 133 Å². The van der Waals surface area contributed by atoms with Gasteiger partial charge in [-0.2, -0.15) is 13.2 Å². The summed E-state index contributed by atoms with van der Waals surface area (Å²) in [5.74, 6) is -2.01. The van der Waals surface area contributed by atoms with Gasteiger partial charge in [-0.1, -0.05) is 13.8 Å². The zero-order valence-electron chi connectivity index (χ0n) is 14.0. The number of imide groups is 1. The maximum absolute atomic E-state index is 12.6. The summed E-state index contributed by atoms with van der Waals surface area (Å²) in [7, 11) is 0. The largest absolute Gasteiger partial charge is 0.406 e. The zero-order chi connectivity index (χ0) is 18.2. The Balaban J connectivity index is 2.91. The van der Waals surface area contributed by atoms with E-state index in [-0.39, 0.29) is 12.3 Å². The fourth-order valence-corrected chi connectivity index (χ4v) is 2.50. The number of hydrogen-bond acceptors (Lipinski definition) is 3. The Morgan fingerprint density at radius 1 is 1.26 bits per heavy atom. The number of alkyl halides is 3. The van der Waals surface area contributed by atoms with Crippen LogP contribution in [0, 0.1) is 11.3 Å². The lowest BCUT2D eigenvalue weighted by atomic mass is 9.78. The van der Waals surface area contributed by atoms with Crippen LogP contribution in [-0.2, 0) is 14.4 Å². The first-order valence-corrected chi connectivity index (χ1v) is 7.50. The van der Waals surface area contributed by atoms with Gasteiger partial charge in [0.25, 0.3) is 0 Å². The third-order valence-corrected chi connectivity index (χ3v) is 4.41. The van der Waals surface area contributed by atoms with Crippen LogP contribution in [0.25, 0.3) is 0 Å². The van der Waals surface area contributed by atoms with E-state index in [1.165, 1.54) is 13.8 Å². The molecule has 0 aliphatic carbocycles. The molecule has 1 heterocycles. The molecule has 23 heavy (non-hydrogen) atoms. The lowest BCUT2D eigenvalue weighted by molar-refractivity contribution is -0.166. The van der Waals surface area contributed by atoms with Crippen LogP contribution < -0.4 is 0 Å². The summed E-state index contributed by atoms with van der Waals surface area (Å²) in [6.45, 7) is 6.08. The molecule has 132 valence electrons. The molecule has 0 aromatic carbocycles. The van der Waals surface area contributed by atoms with Crippen molar-refractivity contribution in [3.63, 3.8) is 0 Å². The van der Waals surface area contributed by atoms with Crippen molar-refractivity contribution in [3.05, 3.63) is 0 Å². The first-order chi connectivity index (χ1) is 10.3. The van der Waals surface area contributed by atoms with Gasteiger partial charge < -0.3 is 4.90 Å². The highest BCUT2D eigenvalue weighted by atomic mass is 19.4. The Morgan fingerprint density at radius 2 is 1.78 bits per heavy atom. The van der Waals surface area contributed by atoms with Crippen molar-refractivity contribution < 1.29 is 27.6 Å². The fourth-order valence-electron chi connectivity index (χ4n) is 2.50. The molecule has 0 saturated carbocycles. The summed E-state index contributed by atoms with van der Waals surface area (Å²) in [4.78, 5) is 38.0. The smallest absolute Gasteiger partial charge is 0.330 e. The molecule has 0 bridgehead atoms. The molecule has 3 amide bonds. The van der Waals surface area contributed by atoms with Crippen LogP contribution in [0.15, 0.2) is 0 Å². The Kier molecular flexibility index (Phi) is 5.49. The summed E-state index contributed by atoms with van der Waals surface area (Å²) in [6.07, 6.45) is -4.57. The quantitative estimate of drug-likeness (QED) is 0.723. The van der Waals surface area contributed by atoms with Gasteiger partial charge in [-0.05, 0) is 26.7 Å². The summed E-state index contributed by atoms with van der Waals surface area (Å²) in [5, 5.41) is 0. The standard InChI is InChI=1S/C15H23F3N2O3/c1-9(2)14(5)6-11(21)19(13(14)23)7-12(22)20(10(3)4)8-15(16,17)18/h9-10H,6-8H2,1-5H3. The lowest BCUT2D eigenvalue weighted by Crippen LogP contribution is -2.49. The van der Waals surface area contributed by atoms with Crippen molar-refractivity contribution in [2.24, 2.45) is 11.3 Å². The molecule has 1 aliphatic rings. The van der Waals surface area contributed by atoms with Gasteiger partial charge in [0, 0.05) is 12.5 Å². The van der Waals surface area contributed by atoms with E-state index in [4.69, 9.17) is 0 Å². The minimum atomic E-state index is -4.54. The van der Waals surface area contributed by atoms with Crippen LogP contribution in [0.1, 0.15) is 41.0 Å². The summed E-state index contributed by atoms with van der Waals surface area (Å²) < 4.78 is 37.7. The van der Waals surface area contributed by atoms with E-state index >= 15 is 0 Å². The van der Waals surface area contributed by atoms with E-state index in [2.05, 4.69) is 0 Å². The molecule has 1 unspecified atom stereocenters. The van der Waals surface area contributed by atoms with E-state index in [1.54, 1.807) is 20.8 Å². The van der Waals surface area contributed by atoms with Gasteiger partial charge in [-0.15, -0.1) is 0 Å². The molecule has 5 nitrogen and oxygen atoms in total. The average Bonchev–Trinajstić information content (AvgIpc) is 2.59. The minimum absolute atomic E-state index is 0.0300. The summed E-state index contributed by atoms with van der Waals surface area (Å²) >= 11 is 0. The zero-order valence-corrected chi connectivity index (χ0v) is 14.0. The van der Waals surface area contributed by atoms with Crippen molar-refractivity contribution in [2.75, 3.05) is 13.1 Å². The lowest BCUT2D eigenvalue weighted by Gasteiger charge is -2.30. The van der Waals surface area contributed by atoms with Crippen LogP contribution in [0.2, 0.25) is 0 Å². The van der Waals surface area contributed by atoms with Gasteiger partial charge in [0.05, 0.1) is 5.41 Å². The number of carbonyl (C=O) groups excluding carboxylic acids is 3. The van der Waals surface area contributed by atoms with Gasteiger partial charge in [-0.25, -0.2) is 0 Å². The molecule has 1 rings (SSSR count). The molecule has 1 aliphatic heterocycles. The van der Waals surface area contributed by atoms with E-state index in [1.807, 2.05) is 0 Å². The monoisotopic (exact) mass is 336 g/mol. The van der Waals surface area contributed by atoms with E-state index in [9.17, 15) is 27.6 Å². The molecule has 1 fully saturated rings. The highest BCUT2D eigenvalue weighted by Gasteiger charge is 2.50. The van der Waals surface area contributed by atoms with Gasteiger partial charge in [-0.3, -0.25) is 19.3 Å². The minimum Gasteiger partial charge on any atom is -0.330 e. The predicted octanol–water partition coefficient (Wildman–Crippen LogP) is 2.21. The molecule has 1 saturated heterocycles. The molecule has 0 spiro atoms. The SMILES string of the molecule is CC(C)N(CC(F)(F)F)C(=O)CN1C(=O)CC(C)(C(C)C)C1=O. The number of carbonyl (C=O) groups is 3. The van der Waals surface area contributed by atoms with Crippen LogP contribution >= 0.6 is 0 Å². The Hall–Kier alpha value is -1.60. The molecule has 0 aromatic heterocycles.